The Kier molecular flexibility index (Phi) is 1.53. The Morgan fingerprint density at radius 3 is 2.93 bits per heavy atom. The monoisotopic (exact) mass is 200 g/mol. The van der Waals surface area contributed by atoms with Gasteiger partial charge in [-0.25, -0.2) is 4.98 Å². The highest BCUT2D eigenvalue weighted by molar-refractivity contribution is 5.86. The summed E-state index contributed by atoms with van der Waals surface area (Å²) in [6.07, 6.45) is 1.65. The number of nitrogens with one attached hydrogen (secondary N) is 1. The minimum Gasteiger partial charge on any atom is -0.435 e. The Morgan fingerprint density at radius 2 is 2.20 bits per heavy atom. The topological polar surface area (TPSA) is 80.7 Å². The quantitative estimate of drug-likeness (QED) is 0.587. The number of fused-ring (bicyclic) bond motifs is 1. The van der Waals surface area contributed by atoms with Crippen molar-refractivity contribution >= 4 is 16.8 Å². The second-order valence-electron chi connectivity index (χ2n) is 3.18. The third-order valence-corrected chi connectivity index (χ3v) is 2.18. The molecule has 74 valence electrons. The molecule has 0 unspecified atom stereocenters. The number of oxazole rings is 1. The maximum absolute atomic E-state index is 5.77. The second kappa shape index (κ2) is 2.84. The van der Waals surface area contributed by atoms with Gasteiger partial charge in [-0.3, -0.25) is 5.10 Å². The van der Waals surface area contributed by atoms with Gasteiger partial charge < -0.3 is 10.2 Å². The summed E-state index contributed by atoms with van der Waals surface area (Å²) in [6, 6.07) is 7.25. The van der Waals surface area contributed by atoms with Crippen LogP contribution in [0.25, 0.3) is 22.7 Å². The number of nitrogens with zero attached hydrogens (tertiary/aromatic N) is 2. The Labute approximate surface area is 84.9 Å². The van der Waals surface area contributed by atoms with Crippen LogP contribution in [-0.2, 0) is 0 Å². The summed E-state index contributed by atoms with van der Waals surface area (Å²) in [6.45, 7) is 0. The normalized spacial score (nSPS) is 10.9. The van der Waals surface area contributed by atoms with Gasteiger partial charge in [0.1, 0.15) is 11.2 Å². The largest absolute Gasteiger partial charge is 0.435 e. The van der Waals surface area contributed by atoms with Gasteiger partial charge in [0.2, 0.25) is 5.89 Å². The molecular formula is C10H8N4O. The van der Waals surface area contributed by atoms with Gasteiger partial charge in [0, 0.05) is 6.20 Å². The molecule has 2 heterocycles. The average molecular weight is 200 g/mol. The zero-order valence-electron chi connectivity index (χ0n) is 7.77. The van der Waals surface area contributed by atoms with Crippen LogP contribution in [0.2, 0.25) is 0 Å². The highest BCUT2D eigenvalue weighted by Crippen LogP contribution is 2.25. The predicted octanol–water partition coefficient (Wildman–Crippen LogP) is 1.80. The van der Waals surface area contributed by atoms with Gasteiger partial charge in [-0.1, -0.05) is 6.07 Å². The third-order valence-electron chi connectivity index (χ3n) is 2.18. The summed E-state index contributed by atoms with van der Waals surface area (Å²) in [5.41, 5.74) is 8.49. The van der Waals surface area contributed by atoms with Crippen molar-refractivity contribution in [3.05, 3.63) is 30.5 Å². The average Bonchev–Trinajstić information content (AvgIpc) is 2.86. The number of hydrogen-bond donors (Lipinski definition) is 2. The zero-order chi connectivity index (χ0) is 10.3. The van der Waals surface area contributed by atoms with Crippen LogP contribution in [0.5, 0.6) is 0 Å². The highest BCUT2D eigenvalue weighted by atomic mass is 16.3. The smallest absolute Gasteiger partial charge is 0.245 e. The lowest BCUT2D eigenvalue weighted by atomic mass is 10.3. The molecule has 0 radical (unpaired) electrons. The first kappa shape index (κ1) is 8.05. The van der Waals surface area contributed by atoms with Crippen molar-refractivity contribution < 1.29 is 4.42 Å². The van der Waals surface area contributed by atoms with E-state index in [-0.39, 0.29) is 0 Å². The molecule has 0 atom stereocenters. The minimum absolute atomic E-state index is 0.500. The number of nitrogens with two attached hydrogens (primary N) is 1. The van der Waals surface area contributed by atoms with Crippen molar-refractivity contribution in [1.82, 2.24) is 15.2 Å². The SMILES string of the molecule is Nc1cccc2oc(-c3ccn[nH]3)nc12. The lowest BCUT2D eigenvalue weighted by Gasteiger charge is -1.89. The van der Waals surface area contributed by atoms with E-state index in [1.165, 1.54) is 0 Å². The molecule has 0 amide bonds. The van der Waals surface area contributed by atoms with Crippen molar-refractivity contribution in [2.45, 2.75) is 0 Å². The lowest BCUT2D eigenvalue weighted by Crippen LogP contribution is -1.85. The van der Waals surface area contributed by atoms with Crippen LogP contribution in [0.15, 0.2) is 34.9 Å². The van der Waals surface area contributed by atoms with E-state index in [1.54, 1.807) is 18.3 Å². The summed E-state index contributed by atoms with van der Waals surface area (Å²) in [5.74, 6) is 0.500. The van der Waals surface area contributed by atoms with Gasteiger partial charge in [0.15, 0.2) is 5.58 Å². The van der Waals surface area contributed by atoms with Crippen LogP contribution in [0.3, 0.4) is 0 Å². The number of para-hydroxylation sites is 1. The number of nitrogen functional groups attached to an aromatic ring is 1. The minimum atomic E-state index is 0.500. The Balaban J connectivity index is 2.27. The van der Waals surface area contributed by atoms with E-state index in [4.69, 9.17) is 10.2 Å². The maximum Gasteiger partial charge on any atom is 0.245 e. The number of anilines is 1. The molecule has 0 aliphatic heterocycles. The molecule has 0 bridgehead atoms. The summed E-state index contributed by atoms with van der Waals surface area (Å²) in [4.78, 5) is 4.29. The maximum atomic E-state index is 5.77. The van der Waals surface area contributed by atoms with Crippen molar-refractivity contribution in [3.8, 4) is 11.6 Å². The van der Waals surface area contributed by atoms with E-state index in [2.05, 4.69) is 15.2 Å². The Bertz CT molecular complexity index is 597. The molecule has 15 heavy (non-hydrogen) atoms. The number of aromatic amines is 1. The van der Waals surface area contributed by atoms with Crippen LogP contribution in [0.4, 0.5) is 5.69 Å². The molecule has 1 aromatic carbocycles. The molecule has 5 nitrogen and oxygen atoms in total. The Hall–Kier alpha value is -2.30. The predicted molar refractivity (Wildman–Crippen MR) is 56.0 cm³/mol. The molecule has 5 heteroatoms. The van der Waals surface area contributed by atoms with Crippen molar-refractivity contribution in [2.24, 2.45) is 0 Å². The fourth-order valence-electron chi connectivity index (χ4n) is 1.46. The van der Waals surface area contributed by atoms with Crippen LogP contribution in [0.1, 0.15) is 0 Å². The van der Waals surface area contributed by atoms with Gasteiger partial charge in [0.25, 0.3) is 0 Å². The second-order valence-corrected chi connectivity index (χ2v) is 3.18. The van der Waals surface area contributed by atoms with E-state index in [0.29, 0.717) is 22.7 Å². The Morgan fingerprint density at radius 1 is 1.27 bits per heavy atom. The molecular weight excluding hydrogens is 192 g/mol. The molecule has 3 N–H and O–H groups in total. The first-order valence-corrected chi connectivity index (χ1v) is 4.49. The number of benzene rings is 1. The van der Waals surface area contributed by atoms with Crippen LogP contribution < -0.4 is 5.73 Å². The molecule has 0 spiro atoms. The van der Waals surface area contributed by atoms with Crippen molar-refractivity contribution in [1.29, 1.82) is 0 Å². The van der Waals surface area contributed by atoms with E-state index >= 15 is 0 Å². The van der Waals surface area contributed by atoms with E-state index < -0.39 is 0 Å². The van der Waals surface area contributed by atoms with Crippen LogP contribution >= 0.6 is 0 Å². The molecule has 3 aromatic rings. The van der Waals surface area contributed by atoms with Gasteiger partial charge in [-0.15, -0.1) is 0 Å². The highest BCUT2D eigenvalue weighted by Gasteiger charge is 2.10. The van der Waals surface area contributed by atoms with Gasteiger partial charge in [-0.05, 0) is 18.2 Å². The first-order valence-electron chi connectivity index (χ1n) is 4.49. The number of H-pyrrole nitrogens is 1. The van der Waals surface area contributed by atoms with Gasteiger partial charge in [-0.2, -0.15) is 5.10 Å². The zero-order valence-corrected chi connectivity index (χ0v) is 7.77. The molecule has 3 rings (SSSR count). The van der Waals surface area contributed by atoms with Gasteiger partial charge >= 0.3 is 0 Å². The van der Waals surface area contributed by atoms with Gasteiger partial charge in [0.05, 0.1) is 5.69 Å². The number of rotatable bonds is 1. The molecule has 0 aliphatic rings. The van der Waals surface area contributed by atoms with Crippen LogP contribution in [-0.4, -0.2) is 15.2 Å². The standard InChI is InChI=1S/C10H8N4O/c11-6-2-1-3-8-9(6)13-10(15-8)7-4-5-12-14-7/h1-5H,11H2,(H,12,14). The number of aromatic nitrogens is 3. The fraction of sp³-hybridized carbons (Fsp3) is 0. The number of hydrogen-bond acceptors (Lipinski definition) is 4. The van der Waals surface area contributed by atoms with E-state index in [0.717, 1.165) is 5.69 Å². The molecule has 2 aromatic heterocycles. The van der Waals surface area contributed by atoms with E-state index in [9.17, 15) is 0 Å². The lowest BCUT2D eigenvalue weighted by molar-refractivity contribution is 0.616. The molecule has 0 aliphatic carbocycles. The fourth-order valence-corrected chi connectivity index (χ4v) is 1.46. The summed E-state index contributed by atoms with van der Waals surface area (Å²) in [7, 11) is 0. The molecule has 0 saturated carbocycles. The summed E-state index contributed by atoms with van der Waals surface area (Å²) < 4.78 is 5.53. The molecule has 0 saturated heterocycles. The summed E-state index contributed by atoms with van der Waals surface area (Å²) >= 11 is 0. The summed E-state index contributed by atoms with van der Waals surface area (Å²) in [5, 5.41) is 6.62. The van der Waals surface area contributed by atoms with E-state index in [1.807, 2.05) is 12.1 Å². The molecule has 0 fully saturated rings. The van der Waals surface area contributed by atoms with Crippen molar-refractivity contribution in [3.63, 3.8) is 0 Å². The first-order chi connectivity index (χ1) is 7.34. The van der Waals surface area contributed by atoms with Crippen molar-refractivity contribution in [2.75, 3.05) is 5.73 Å². The third kappa shape index (κ3) is 1.17. The van der Waals surface area contributed by atoms with Crippen LogP contribution in [0, 0.1) is 0 Å².